The maximum Gasteiger partial charge on any atom is 0.311 e. The fourth-order valence-electron chi connectivity index (χ4n) is 3.25. The number of nitrogens with zero attached hydrogens (tertiary/aromatic N) is 1. The van der Waals surface area contributed by atoms with Gasteiger partial charge in [0.2, 0.25) is 0 Å². The SMILES string of the molecule is C=C1N[C@@H]([C@@H](C)C(=O)OC(C)(C)C)c2onc(C)c2-c2sc(C)c(C)c21. The number of hydrogen-bond donors (Lipinski definition) is 1. The average Bonchev–Trinajstić information content (AvgIpc) is 2.99. The summed E-state index contributed by atoms with van der Waals surface area (Å²) in [6.45, 7) is 17.8. The van der Waals surface area contributed by atoms with Gasteiger partial charge in [0.1, 0.15) is 11.6 Å². The normalized spacial score (nSPS) is 17.8. The molecule has 3 heterocycles. The van der Waals surface area contributed by atoms with Crippen LogP contribution in [0, 0.1) is 26.7 Å². The first-order valence-corrected chi connectivity index (χ1v) is 9.58. The highest BCUT2D eigenvalue weighted by Gasteiger charge is 2.38. The highest BCUT2D eigenvalue weighted by Crippen LogP contribution is 2.47. The Bertz CT molecular complexity index is 886. The quantitative estimate of drug-likeness (QED) is 0.756. The summed E-state index contributed by atoms with van der Waals surface area (Å²) in [5.41, 5.74) is 4.32. The zero-order valence-corrected chi connectivity index (χ0v) is 17.3. The molecule has 5 nitrogen and oxygen atoms in total. The van der Waals surface area contributed by atoms with E-state index in [0.717, 1.165) is 27.4 Å². The molecule has 0 spiro atoms. The Labute approximate surface area is 158 Å². The number of ether oxygens (including phenoxy) is 1. The van der Waals surface area contributed by atoms with Gasteiger partial charge in [0.25, 0.3) is 0 Å². The molecule has 3 rings (SSSR count). The number of rotatable bonds is 2. The van der Waals surface area contributed by atoms with Crippen molar-refractivity contribution in [2.75, 3.05) is 0 Å². The molecule has 0 saturated heterocycles. The van der Waals surface area contributed by atoms with Crippen LogP contribution in [-0.2, 0) is 9.53 Å². The van der Waals surface area contributed by atoms with Crippen molar-refractivity contribution in [3.63, 3.8) is 0 Å². The second kappa shape index (κ2) is 6.27. The molecule has 0 aliphatic carbocycles. The van der Waals surface area contributed by atoms with E-state index >= 15 is 0 Å². The van der Waals surface area contributed by atoms with Crippen molar-refractivity contribution >= 4 is 23.0 Å². The smallest absolute Gasteiger partial charge is 0.311 e. The lowest BCUT2D eigenvalue weighted by molar-refractivity contribution is -0.160. The van der Waals surface area contributed by atoms with Crippen molar-refractivity contribution < 1.29 is 14.1 Å². The summed E-state index contributed by atoms with van der Waals surface area (Å²) in [5, 5.41) is 7.58. The number of esters is 1. The van der Waals surface area contributed by atoms with Crippen molar-refractivity contribution in [1.29, 1.82) is 0 Å². The van der Waals surface area contributed by atoms with Crippen molar-refractivity contribution in [3.8, 4) is 10.4 Å². The molecule has 26 heavy (non-hydrogen) atoms. The predicted octanol–water partition coefficient (Wildman–Crippen LogP) is 4.92. The minimum atomic E-state index is -0.542. The minimum Gasteiger partial charge on any atom is -0.460 e. The molecule has 1 N–H and O–H groups in total. The topological polar surface area (TPSA) is 64.4 Å². The molecule has 0 amide bonds. The molecular weight excluding hydrogens is 348 g/mol. The van der Waals surface area contributed by atoms with E-state index in [0.29, 0.717) is 5.76 Å². The van der Waals surface area contributed by atoms with Gasteiger partial charge in [-0.1, -0.05) is 11.7 Å². The Morgan fingerprint density at radius 3 is 2.58 bits per heavy atom. The van der Waals surface area contributed by atoms with Crippen LogP contribution in [0.3, 0.4) is 0 Å². The van der Waals surface area contributed by atoms with Gasteiger partial charge in [-0.05, 0) is 54.0 Å². The van der Waals surface area contributed by atoms with Crippen molar-refractivity contribution in [2.24, 2.45) is 5.92 Å². The molecular formula is C20H26N2O3S. The third kappa shape index (κ3) is 3.07. The fourth-order valence-corrected chi connectivity index (χ4v) is 4.54. The van der Waals surface area contributed by atoms with Gasteiger partial charge in [-0.2, -0.15) is 0 Å². The Hall–Kier alpha value is -2.08. The van der Waals surface area contributed by atoms with Crippen molar-refractivity contribution in [1.82, 2.24) is 10.5 Å². The van der Waals surface area contributed by atoms with E-state index in [1.807, 2.05) is 34.6 Å². The van der Waals surface area contributed by atoms with Crippen LogP contribution in [0.4, 0.5) is 0 Å². The molecule has 2 atom stereocenters. The lowest BCUT2D eigenvalue weighted by atomic mass is 9.96. The summed E-state index contributed by atoms with van der Waals surface area (Å²) in [5.74, 6) is -0.0598. The van der Waals surface area contributed by atoms with Crippen LogP contribution in [0.2, 0.25) is 0 Å². The first kappa shape index (κ1) is 18.7. The van der Waals surface area contributed by atoms with E-state index in [9.17, 15) is 4.79 Å². The summed E-state index contributed by atoms with van der Waals surface area (Å²) in [6.07, 6.45) is 0. The first-order chi connectivity index (χ1) is 12.0. The predicted molar refractivity (Wildman–Crippen MR) is 104 cm³/mol. The number of nitrogens with one attached hydrogen (secondary N) is 1. The third-order valence-electron chi connectivity index (χ3n) is 4.69. The van der Waals surface area contributed by atoms with Crippen LogP contribution in [0.25, 0.3) is 16.1 Å². The Morgan fingerprint density at radius 1 is 1.31 bits per heavy atom. The molecule has 0 saturated carbocycles. The Balaban J connectivity index is 2.09. The Kier molecular flexibility index (Phi) is 4.51. The highest BCUT2D eigenvalue weighted by molar-refractivity contribution is 7.16. The number of aryl methyl sites for hydroxylation is 2. The number of carbonyl (C=O) groups excluding carboxylic acids is 1. The first-order valence-electron chi connectivity index (χ1n) is 8.76. The van der Waals surface area contributed by atoms with Gasteiger partial charge in [-0.15, -0.1) is 11.3 Å². The van der Waals surface area contributed by atoms with E-state index < -0.39 is 11.5 Å². The molecule has 0 bridgehead atoms. The minimum absolute atomic E-state index is 0.277. The van der Waals surface area contributed by atoms with Crippen LogP contribution in [0.5, 0.6) is 0 Å². The number of thiophene rings is 1. The summed E-state index contributed by atoms with van der Waals surface area (Å²) in [6, 6.07) is -0.382. The standard InChI is InChI=1S/C20H26N2O3S/c1-9-13(5)26-18-14(9)11(3)21-16(17-15(18)12(4)22-25-17)10(2)19(23)24-20(6,7)8/h10,16,21H,3H2,1-2,4-8H3/t10-,16+/m1/s1. The van der Waals surface area contributed by atoms with Crippen LogP contribution in [0.15, 0.2) is 11.1 Å². The van der Waals surface area contributed by atoms with Crippen molar-refractivity contribution in [3.05, 3.63) is 34.0 Å². The zero-order chi connectivity index (χ0) is 19.4. The Morgan fingerprint density at radius 2 is 1.96 bits per heavy atom. The summed E-state index contributed by atoms with van der Waals surface area (Å²) in [4.78, 5) is 15.0. The van der Waals surface area contributed by atoms with E-state index in [1.165, 1.54) is 10.4 Å². The zero-order valence-electron chi connectivity index (χ0n) is 16.4. The van der Waals surface area contributed by atoms with Crippen LogP contribution in [0.1, 0.15) is 61.2 Å². The van der Waals surface area contributed by atoms with Gasteiger partial charge in [0.15, 0.2) is 5.76 Å². The molecule has 1 aliphatic rings. The van der Waals surface area contributed by atoms with Gasteiger partial charge >= 0.3 is 5.97 Å². The van der Waals surface area contributed by atoms with Crippen molar-refractivity contribution in [2.45, 2.75) is 60.1 Å². The molecule has 0 unspecified atom stereocenters. The van der Waals surface area contributed by atoms with Crippen LogP contribution < -0.4 is 5.32 Å². The number of carbonyl (C=O) groups is 1. The third-order valence-corrected chi connectivity index (χ3v) is 5.92. The molecule has 1 aliphatic heterocycles. The van der Waals surface area contributed by atoms with Gasteiger partial charge in [0, 0.05) is 21.0 Å². The largest absolute Gasteiger partial charge is 0.460 e. The van der Waals surface area contributed by atoms with Gasteiger partial charge in [-0.3, -0.25) is 4.79 Å². The van der Waals surface area contributed by atoms with Crippen LogP contribution in [-0.4, -0.2) is 16.7 Å². The number of fused-ring (bicyclic) bond motifs is 3. The van der Waals surface area contributed by atoms with Crippen LogP contribution >= 0.6 is 11.3 Å². The summed E-state index contributed by atoms with van der Waals surface area (Å²) >= 11 is 1.71. The average molecular weight is 375 g/mol. The molecule has 2 aromatic rings. The molecule has 140 valence electrons. The molecule has 0 aromatic carbocycles. The summed E-state index contributed by atoms with van der Waals surface area (Å²) < 4.78 is 11.3. The van der Waals surface area contributed by atoms with E-state index in [1.54, 1.807) is 11.3 Å². The molecule has 6 heteroatoms. The lowest BCUT2D eigenvalue weighted by Gasteiger charge is -2.27. The monoisotopic (exact) mass is 374 g/mol. The lowest BCUT2D eigenvalue weighted by Crippen LogP contribution is -2.34. The van der Waals surface area contributed by atoms with Gasteiger partial charge in [-0.25, -0.2) is 0 Å². The number of aromatic nitrogens is 1. The van der Waals surface area contributed by atoms with E-state index in [4.69, 9.17) is 9.26 Å². The summed E-state index contributed by atoms with van der Waals surface area (Å²) in [7, 11) is 0. The number of hydrogen-bond acceptors (Lipinski definition) is 6. The van der Waals surface area contributed by atoms with E-state index in [2.05, 4.69) is 30.9 Å². The van der Waals surface area contributed by atoms with E-state index in [-0.39, 0.29) is 12.0 Å². The molecule has 2 aromatic heterocycles. The maximum atomic E-state index is 12.7. The van der Waals surface area contributed by atoms with Gasteiger partial charge in [0.05, 0.1) is 17.2 Å². The molecule has 0 radical (unpaired) electrons. The van der Waals surface area contributed by atoms with Gasteiger partial charge < -0.3 is 14.6 Å². The fraction of sp³-hybridized carbons (Fsp3) is 0.500. The molecule has 0 fully saturated rings. The second-order valence-electron chi connectivity index (χ2n) is 7.92. The second-order valence-corrected chi connectivity index (χ2v) is 9.14. The highest BCUT2D eigenvalue weighted by atomic mass is 32.1. The maximum absolute atomic E-state index is 12.7.